The lowest BCUT2D eigenvalue weighted by molar-refractivity contribution is -0.162. The highest BCUT2D eigenvalue weighted by atomic mass is 16.6. The average molecular weight is 895 g/mol. The van der Waals surface area contributed by atoms with Gasteiger partial charge in [-0.25, -0.2) is 0 Å². The van der Waals surface area contributed by atoms with Crippen LogP contribution in [0.15, 0.2) is 60.8 Å². The van der Waals surface area contributed by atoms with Crippen LogP contribution in [0.25, 0.3) is 0 Å². The molecule has 0 rings (SSSR count). The summed E-state index contributed by atoms with van der Waals surface area (Å²) in [6, 6.07) is 0. The van der Waals surface area contributed by atoms with E-state index in [-0.39, 0.29) is 31.6 Å². The van der Waals surface area contributed by atoms with Crippen molar-refractivity contribution in [2.75, 3.05) is 19.8 Å². The molecule has 0 saturated heterocycles. The van der Waals surface area contributed by atoms with Gasteiger partial charge in [-0.05, 0) is 44.9 Å². The highest BCUT2D eigenvalue weighted by Crippen LogP contribution is 2.16. The molecule has 0 aromatic heterocycles. The van der Waals surface area contributed by atoms with Gasteiger partial charge in [0.2, 0.25) is 0 Å². The molecule has 372 valence electrons. The van der Waals surface area contributed by atoms with Crippen molar-refractivity contribution >= 4 is 11.9 Å². The number of carbonyl (C=O) groups is 2. The molecular weight excluding hydrogens is 789 g/mol. The lowest BCUT2D eigenvalue weighted by Crippen LogP contribution is -2.30. The van der Waals surface area contributed by atoms with E-state index in [2.05, 4.69) is 69.4 Å². The minimum absolute atomic E-state index is 0.0350. The van der Waals surface area contributed by atoms with E-state index in [9.17, 15) is 9.59 Å². The molecule has 0 aromatic carbocycles. The summed E-state index contributed by atoms with van der Waals surface area (Å²) in [6.45, 7) is 7.66. The molecule has 0 N–H and O–H groups in total. The van der Waals surface area contributed by atoms with Crippen molar-refractivity contribution in [1.82, 2.24) is 0 Å². The van der Waals surface area contributed by atoms with Crippen molar-refractivity contribution in [3.8, 4) is 0 Å². The van der Waals surface area contributed by atoms with E-state index in [1.165, 1.54) is 186 Å². The lowest BCUT2D eigenvalue weighted by Gasteiger charge is -2.18. The van der Waals surface area contributed by atoms with Crippen LogP contribution in [0, 0.1) is 0 Å². The van der Waals surface area contributed by atoms with E-state index in [1.807, 2.05) is 12.2 Å². The second-order valence-electron chi connectivity index (χ2n) is 18.5. The highest BCUT2D eigenvalue weighted by Gasteiger charge is 2.17. The quantitative estimate of drug-likeness (QED) is 0.0346. The third-order valence-electron chi connectivity index (χ3n) is 12.1. The van der Waals surface area contributed by atoms with Gasteiger partial charge >= 0.3 is 11.9 Å². The van der Waals surface area contributed by atoms with Crippen molar-refractivity contribution in [2.24, 2.45) is 0 Å². The Bertz CT molecular complexity index is 1100. The summed E-state index contributed by atoms with van der Waals surface area (Å²) in [4.78, 5) is 25.4. The summed E-state index contributed by atoms with van der Waals surface area (Å²) >= 11 is 0. The van der Waals surface area contributed by atoms with E-state index in [1.54, 1.807) is 0 Å². The van der Waals surface area contributed by atoms with Crippen molar-refractivity contribution < 1.29 is 23.8 Å². The third kappa shape index (κ3) is 52.2. The fraction of sp³-hybridized carbons (Fsp3) is 0.797. The van der Waals surface area contributed by atoms with Gasteiger partial charge in [0, 0.05) is 13.0 Å². The predicted octanol–water partition coefficient (Wildman–Crippen LogP) is 18.9. The van der Waals surface area contributed by atoms with Crippen LogP contribution in [0.4, 0.5) is 0 Å². The normalized spacial score (nSPS) is 12.6. The first-order valence-corrected chi connectivity index (χ1v) is 27.8. The Hall–Kier alpha value is -2.40. The maximum Gasteiger partial charge on any atom is 0.309 e. The predicted molar refractivity (Wildman–Crippen MR) is 279 cm³/mol. The molecule has 0 aliphatic carbocycles. The first-order valence-electron chi connectivity index (χ1n) is 27.8. The molecule has 0 amide bonds. The zero-order valence-electron chi connectivity index (χ0n) is 42.8. The van der Waals surface area contributed by atoms with Gasteiger partial charge in [-0.1, -0.05) is 281 Å². The first-order chi connectivity index (χ1) is 31.6. The second kappa shape index (κ2) is 54.9. The molecule has 0 aliphatic heterocycles. The van der Waals surface area contributed by atoms with Crippen molar-refractivity contribution in [1.29, 1.82) is 0 Å². The van der Waals surface area contributed by atoms with Gasteiger partial charge in [-0.3, -0.25) is 9.59 Å². The molecule has 0 radical (unpaired) electrons. The van der Waals surface area contributed by atoms with Crippen LogP contribution in [-0.2, 0) is 23.8 Å². The van der Waals surface area contributed by atoms with Gasteiger partial charge in [0.15, 0.2) is 6.10 Å². The minimum atomic E-state index is -0.573. The third-order valence-corrected chi connectivity index (χ3v) is 12.1. The highest BCUT2D eigenvalue weighted by molar-refractivity contribution is 5.71. The number of rotatable bonds is 51. The van der Waals surface area contributed by atoms with Gasteiger partial charge in [-0.2, -0.15) is 0 Å². The van der Waals surface area contributed by atoms with Gasteiger partial charge in [-0.15, -0.1) is 0 Å². The fourth-order valence-electron chi connectivity index (χ4n) is 8.00. The zero-order valence-corrected chi connectivity index (χ0v) is 42.8. The molecule has 0 aromatic rings. The maximum atomic E-state index is 12.8. The van der Waals surface area contributed by atoms with Crippen LogP contribution in [0.2, 0.25) is 0 Å². The summed E-state index contributed by atoms with van der Waals surface area (Å²) in [5.41, 5.74) is 0. The van der Waals surface area contributed by atoms with Crippen molar-refractivity contribution in [2.45, 2.75) is 284 Å². The van der Waals surface area contributed by atoms with Gasteiger partial charge in [0.25, 0.3) is 0 Å². The summed E-state index contributed by atoms with van der Waals surface area (Å²) in [5.74, 6) is -0.529. The number of unbranched alkanes of at least 4 members (excludes halogenated alkanes) is 31. The number of ether oxygens (including phenoxy) is 3. The minimum Gasteiger partial charge on any atom is -0.461 e. The molecule has 5 heteroatoms. The molecule has 5 nitrogen and oxygen atoms in total. The van der Waals surface area contributed by atoms with Crippen LogP contribution >= 0.6 is 0 Å². The van der Waals surface area contributed by atoms with E-state index in [4.69, 9.17) is 14.2 Å². The Labute approximate surface area is 398 Å². The Morgan fingerprint density at radius 2 is 0.688 bits per heavy atom. The number of esters is 2. The van der Waals surface area contributed by atoms with Gasteiger partial charge in [0.05, 0.1) is 13.0 Å². The standard InChI is InChI=1S/C59H106O5/c1-4-7-10-13-16-19-22-25-28-29-30-33-36-39-42-45-48-51-54-62-55-57(64-59(61)53-50-47-44-41-38-35-32-27-24-21-18-15-12-9-6-3)56-63-58(60)52-49-46-43-40-37-34-31-26-23-20-17-14-11-8-5-2/h8,11,17,20,26,31,37,40,46,49,57H,4-7,9-10,12-16,18-19,21-25,27-30,32-36,38-39,41-45,47-48,50-56H2,1-3H3/b11-8-,20-17-,31-26-,40-37-,49-46-. The van der Waals surface area contributed by atoms with Crippen molar-refractivity contribution in [3.63, 3.8) is 0 Å². The molecule has 0 fully saturated rings. The van der Waals surface area contributed by atoms with Gasteiger partial charge < -0.3 is 14.2 Å². The SMILES string of the molecule is CC/C=C\C/C=C\C/C=C\C/C=C\C/C=C\CC(=O)OCC(COCCCCCCCCCCCCCCCCCCCC)OC(=O)CCCCCCCCCCCCCCCCC. The molecule has 0 spiro atoms. The van der Waals surface area contributed by atoms with Crippen LogP contribution in [0.5, 0.6) is 0 Å². The molecule has 0 saturated carbocycles. The van der Waals surface area contributed by atoms with E-state index < -0.39 is 6.10 Å². The average Bonchev–Trinajstić information content (AvgIpc) is 3.30. The first kappa shape index (κ1) is 61.6. The van der Waals surface area contributed by atoms with Crippen LogP contribution < -0.4 is 0 Å². The molecule has 1 unspecified atom stereocenters. The Balaban J connectivity index is 4.33. The number of hydrogen-bond donors (Lipinski definition) is 0. The summed E-state index contributed by atoms with van der Waals surface area (Å²) in [7, 11) is 0. The molecule has 0 heterocycles. The Kier molecular flexibility index (Phi) is 52.9. The van der Waals surface area contributed by atoms with Crippen molar-refractivity contribution in [3.05, 3.63) is 60.8 Å². The zero-order chi connectivity index (χ0) is 46.3. The van der Waals surface area contributed by atoms with Gasteiger partial charge in [0.1, 0.15) is 6.61 Å². The lowest BCUT2D eigenvalue weighted by atomic mass is 10.0. The van der Waals surface area contributed by atoms with E-state index in [0.29, 0.717) is 13.0 Å². The Morgan fingerprint density at radius 1 is 0.359 bits per heavy atom. The molecule has 0 aliphatic rings. The van der Waals surface area contributed by atoms with Crippen LogP contribution in [0.3, 0.4) is 0 Å². The fourth-order valence-corrected chi connectivity index (χ4v) is 8.00. The molecule has 0 bridgehead atoms. The maximum absolute atomic E-state index is 12.8. The van der Waals surface area contributed by atoms with Crippen LogP contribution in [-0.4, -0.2) is 37.9 Å². The van der Waals surface area contributed by atoms with Crippen LogP contribution in [0.1, 0.15) is 278 Å². The van der Waals surface area contributed by atoms with E-state index >= 15 is 0 Å². The largest absolute Gasteiger partial charge is 0.461 e. The monoisotopic (exact) mass is 895 g/mol. The Morgan fingerprint density at radius 3 is 1.06 bits per heavy atom. The van der Waals surface area contributed by atoms with E-state index in [0.717, 1.165) is 57.8 Å². The second-order valence-corrected chi connectivity index (χ2v) is 18.5. The molecule has 1 atom stereocenters. The topological polar surface area (TPSA) is 61.8 Å². The molecule has 64 heavy (non-hydrogen) atoms. The number of allylic oxidation sites excluding steroid dienone is 9. The molecular formula is C59H106O5. The smallest absolute Gasteiger partial charge is 0.309 e. The summed E-state index contributed by atoms with van der Waals surface area (Å²) in [5, 5.41) is 0. The number of carbonyl (C=O) groups excluding carboxylic acids is 2. The summed E-state index contributed by atoms with van der Waals surface area (Å²) in [6.07, 6.45) is 69.8. The summed E-state index contributed by atoms with van der Waals surface area (Å²) < 4.78 is 17.4. The number of hydrogen-bond acceptors (Lipinski definition) is 5.